The van der Waals surface area contributed by atoms with Crippen LogP contribution in [0.25, 0.3) is 0 Å². The second-order valence-corrected chi connectivity index (χ2v) is 10.2. The average Bonchev–Trinajstić information content (AvgIpc) is 3.18. The molecule has 0 aromatic carbocycles. The van der Waals surface area contributed by atoms with Crippen LogP contribution in [0.2, 0.25) is 0 Å². The first-order valence-corrected chi connectivity index (χ1v) is 12.5. The highest BCUT2D eigenvalue weighted by Crippen LogP contribution is 2.45. The van der Waals surface area contributed by atoms with Crippen molar-refractivity contribution < 1.29 is 19.1 Å². The molecule has 2 aliphatic heterocycles. The molecular weight excluding hydrogens is 414 g/mol. The van der Waals surface area contributed by atoms with Gasteiger partial charge in [0.25, 0.3) is 5.91 Å². The number of amides is 2. The van der Waals surface area contributed by atoms with E-state index in [4.69, 9.17) is 9.47 Å². The number of likely N-dealkylation sites (tertiary alicyclic amines) is 1. The Morgan fingerprint density at radius 3 is 2.77 bits per heavy atom. The van der Waals surface area contributed by atoms with Crippen LogP contribution in [0.15, 0.2) is 6.07 Å². The van der Waals surface area contributed by atoms with Gasteiger partial charge >= 0.3 is 6.09 Å². The van der Waals surface area contributed by atoms with Gasteiger partial charge in [-0.25, -0.2) is 4.79 Å². The van der Waals surface area contributed by atoms with Crippen molar-refractivity contribution in [3.63, 3.8) is 0 Å². The maximum absolute atomic E-state index is 11.9. The number of aryl methyl sites for hydroxylation is 1. The fourth-order valence-corrected chi connectivity index (χ4v) is 6.30. The Balaban J connectivity index is 1.17. The lowest BCUT2D eigenvalue weighted by Crippen LogP contribution is -2.51. The van der Waals surface area contributed by atoms with E-state index in [-0.39, 0.29) is 24.2 Å². The maximum Gasteiger partial charge on any atom is 0.407 e. The van der Waals surface area contributed by atoms with Gasteiger partial charge in [-0.15, -0.1) is 11.3 Å². The third-order valence-electron chi connectivity index (χ3n) is 6.84. The van der Waals surface area contributed by atoms with Crippen LogP contribution in [0, 0.1) is 5.92 Å². The summed E-state index contributed by atoms with van der Waals surface area (Å²) in [6, 6.07) is 2.61. The summed E-state index contributed by atoms with van der Waals surface area (Å²) in [4.78, 5) is 28.8. The number of nitrogens with zero attached hydrogens (tertiary/aromatic N) is 1. The number of piperidine rings is 1. The summed E-state index contributed by atoms with van der Waals surface area (Å²) in [5, 5.41) is 5.48. The molecule has 2 N–H and O–H groups in total. The lowest BCUT2D eigenvalue weighted by atomic mass is 9.78. The molecular formula is C23H35N3O4S. The molecule has 3 aliphatic rings. The summed E-state index contributed by atoms with van der Waals surface area (Å²) in [6.07, 6.45) is 5.77. The molecule has 2 amide bonds. The molecule has 2 fully saturated rings. The van der Waals surface area contributed by atoms with Crippen LogP contribution >= 0.6 is 11.3 Å². The van der Waals surface area contributed by atoms with Crippen molar-refractivity contribution in [1.29, 1.82) is 0 Å². The molecule has 172 valence electrons. The van der Waals surface area contributed by atoms with Crippen LogP contribution in [-0.2, 0) is 32.7 Å². The largest absolute Gasteiger partial charge is 0.439 e. The van der Waals surface area contributed by atoms with E-state index in [1.807, 2.05) is 18.3 Å². The molecule has 0 unspecified atom stereocenters. The first-order valence-electron chi connectivity index (χ1n) is 11.7. The second-order valence-electron chi connectivity index (χ2n) is 9.00. The van der Waals surface area contributed by atoms with Gasteiger partial charge in [0.1, 0.15) is 0 Å². The molecule has 1 aromatic rings. The van der Waals surface area contributed by atoms with Gasteiger partial charge in [-0.2, -0.15) is 0 Å². The normalized spacial score (nSPS) is 24.8. The van der Waals surface area contributed by atoms with Gasteiger partial charge in [0.2, 0.25) is 0 Å². The van der Waals surface area contributed by atoms with Crippen molar-refractivity contribution >= 4 is 23.3 Å². The van der Waals surface area contributed by atoms with Gasteiger partial charge in [0.05, 0.1) is 12.2 Å². The Kier molecular flexibility index (Phi) is 7.19. The van der Waals surface area contributed by atoms with E-state index in [1.165, 1.54) is 10.4 Å². The smallest absolute Gasteiger partial charge is 0.407 e. The lowest BCUT2D eigenvalue weighted by molar-refractivity contribution is -0.125. The van der Waals surface area contributed by atoms with Crippen molar-refractivity contribution in [1.82, 2.24) is 15.5 Å². The summed E-state index contributed by atoms with van der Waals surface area (Å²) in [5.41, 5.74) is 1.41. The van der Waals surface area contributed by atoms with E-state index in [1.54, 1.807) is 4.88 Å². The minimum atomic E-state index is -0.547. The molecule has 0 bridgehead atoms. The van der Waals surface area contributed by atoms with E-state index in [0.717, 1.165) is 64.8 Å². The molecule has 0 radical (unpaired) electrons. The molecule has 7 nitrogen and oxygen atoms in total. The van der Waals surface area contributed by atoms with Crippen LogP contribution in [0.1, 0.15) is 54.8 Å². The molecule has 8 heteroatoms. The molecule has 1 spiro atoms. The number of rotatable bonds is 7. The van der Waals surface area contributed by atoms with Crippen LogP contribution in [0.3, 0.4) is 0 Å². The quantitative estimate of drug-likeness (QED) is 0.669. The number of hydrogen-bond acceptors (Lipinski definition) is 6. The number of hydrogen-bond donors (Lipinski definition) is 2. The highest BCUT2D eigenvalue weighted by Gasteiger charge is 2.42. The SMILES string of the molecule is CCNC(=O)OCC(=O)NC1CC(CN2CCC3(CC2)OCCc2sc(CC)cc23)C1. The number of alkyl carbamates (subject to hydrolysis) is 1. The standard InChI is InChI=1S/C23H35N3O4S/c1-3-18-13-19-20(31-18)5-10-30-23(19)6-8-26(9-7-23)14-16-11-17(12-16)25-21(27)15-29-22(28)24-4-2/h13,16-17H,3-12,14-15H2,1-2H3,(H,24,28)(H,25,27). The van der Waals surface area contributed by atoms with Crippen molar-refractivity contribution in [2.24, 2.45) is 5.92 Å². The first kappa shape index (κ1) is 22.6. The predicted molar refractivity (Wildman–Crippen MR) is 120 cm³/mol. The summed E-state index contributed by atoms with van der Waals surface area (Å²) in [5.74, 6) is 0.404. The Hall–Kier alpha value is -1.64. The minimum absolute atomic E-state index is 0.0613. The molecule has 1 saturated carbocycles. The molecule has 3 heterocycles. The molecule has 1 aliphatic carbocycles. The van der Waals surface area contributed by atoms with Gasteiger partial charge in [-0.3, -0.25) is 4.79 Å². The fourth-order valence-electron chi connectivity index (χ4n) is 5.12. The highest BCUT2D eigenvalue weighted by atomic mass is 32.1. The monoisotopic (exact) mass is 449 g/mol. The number of carbonyl (C=O) groups excluding carboxylic acids is 2. The van der Waals surface area contributed by atoms with E-state index in [2.05, 4.69) is 28.5 Å². The predicted octanol–water partition coefficient (Wildman–Crippen LogP) is 2.82. The van der Waals surface area contributed by atoms with Crippen molar-refractivity contribution in [3.8, 4) is 0 Å². The molecule has 4 rings (SSSR count). The van der Waals surface area contributed by atoms with Crippen LogP contribution < -0.4 is 10.6 Å². The zero-order valence-electron chi connectivity index (χ0n) is 18.7. The van der Waals surface area contributed by atoms with Gasteiger partial charge in [-0.1, -0.05) is 6.92 Å². The summed E-state index contributed by atoms with van der Waals surface area (Å²) in [7, 11) is 0. The number of ether oxygens (including phenoxy) is 2. The van der Waals surface area contributed by atoms with E-state index in [9.17, 15) is 9.59 Å². The number of carbonyl (C=O) groups is 2. The number of nitrogens with one attached hydrogen (secondary N) is 2. The Bertz CT molecular complexity index is 782. The third-order valence-corrected chi connectivity index (χ3v) is 8.18. The lowest BCUT2D eigenvalue weighted by Gasteiger charge is -2.46. The number of thiophene rings is 1. The first-order chi connectivity index (χ1) is 15.0. The minimum Gasteiger partial charge on any atom is -0.439 e. The van der Waals surface area contributed by atoms with E-state index >= 15 is 0 Å². The van der Waals surface area contributed by atoms with Gasteiger partial charge in [0.15, 0.2) is 6.61 Å². The van der Waals surface area contributed by atoms with Crippen LogP contribution in [0.5, 0.6) is 0 Å². The average molecular weight is 450 g/mol. The van der Waals surface area contributed by atoms with Crippen molar-refractivity contribution in [2.75, 3.05) is 39.4 Å². The van der Waals surface area contributed by atoms with E-state index < -0.39 is 6.09 Å². The zero-order chi connectivity index (χ0) is 21.8. The maximum atomic E-state index is 11.9. The molecule has 0 atom stereocenters. The zero-order valence-corrected chi connectivity index (χ0v) is 19.5. The molecule has 31 heavy (non-hydrogen) atoms. The Morgan fingerprint density at radius 1 is 1.29 bits per heavy atom. The van der Waals surface area contributed by atoms with Gasteiger partial charge in [0, 0.05) is 48.4 Å². The molecule has 1 saturated heterocycles. The van der Waals surface area contributed by atoms with Crippen LogP contribution in [-0.4, -0.2) is 62.3 Å². The number of fused-ring (bicyclic) bond motifs is 2. The third kappa shape index (κ3) is 5.23. The fraction of sp³-hybridized carbons (Fsp3) is 0.739. The van der Waals surface area contributed by atoms with Crippen molar-refractivity contribution in [3.05, 3.63) is 21.4 Å². The van der Waals surface area contributed by atoms with Gasteiger partial charge in [-0.05, 0) is 56.6 Å². The summed E-state index contributed by atoms with van der Waals surface area (Å²) >= 11 is 1.98. The van der Waals surface area contributed by atoms with E-state index in [0.29, 0.717) is 12.5 Å². The Morgan fingerprint density at radius 2 is 2.06 bits per heavy atom. The van der Waals surface area contributed by atoms with Gasteiger partial charge < -0.3 is 25.0 Å². The van der Waals surface area contributed by atoms with Crippen LogP contribution in [0.4, 0.5) is 4.79 Å². The highest BCUT2D eigenvalue weighted by molar-refractivity contribution is 7.12. The summed E-state index contributed by atoms with van der Waals surface area (Å²) in [6.45, 7) is 8.41. The Labute approximate surface area is 188 Å². The molecule has 1 aromatic heterocycles. The topological polar surface area (TPSA) is 79.9 Å². The second kappa shape index (κ2) is 9.88. The summed E-state index contributed by atoms with van der Waals surface area (Å²) < 4.78 is 11.3. The van der Waals surface area contributed by atoms with Crippen molar-refractivity contribution in [2.45, 2.75) is 64.0 Å².